The van der Waals surface area contributed by atoms with Crippen LogP contribution in [0.2, 0.25) is 0 Å². The number of aromatic nitrogens is 2. The van der Waals surface area contributed by atoms with E-state index >= 15 is 0 Å². The molecule has 3 amide bonds. The number of anilines is 1. The van der Waals surface area contributed by atoms with Crippen molar-refractivity contribution >= 4 is 17.6 Å². The summed E-state index contributed by atoms with van der Waals surface area (Å²) in [5.74, 6) is 0.162. The molecule has 1 saturated heterocycles. The second kappa shape index (κ2) is 7.83. The second-order valence-electron chi connectivity index (χ2n) is 6.27. The lowest BCUT2D eigenvalue weighted by Gasteiger charge is -2.17. The van der Waals surface area contributed by atoms with E-state index in [4.69, 9.17) is 0 Å². The monoisotopic (exact) mass is 341 g/mol. The SMILES string of the molecule is C[C@@H](Cn1cccn1)NC(=O)NCc1cccc(N2CCCC2=O)c1. The van der Waals surface area contributed by atoms with E-state index in [9.17, 15) is 9.59 Å². The van der Waals surface area contributed by atoms with E-state index in [0.717, 1.165) is 24.2 Å². The summed E-state index contributed by atoms with van der Waals surface area (Å²) in [4.78, 5) is 25.7. The van der Waals surface area contributed by atoms with Gasteiger partial charge in [0.2, 0.25) is 5.91 Å². The Morgan fingerprint density at radius 1 is 1.36 bits per heavy atom. The van der Waals surface area contributed by atoms with Crippen LogP contribution in [0.5, 0.6) is 0 Å². The van der Waals surface area contributed by atoms with Gasteiger partial charge in [0, 0.05) is 43.6 Å². The predicted octanol–water partition coefficient (Wildman–Crippen LogP) is 1.90. The van der Waals surface area contributed by atoms with E-state index in [1.807, 2.05) is 43.5 Å². The first-order valence-corrected chi connectivity index (χ1v) is 8.53. The first kappa shape index (κ1) is 17.0. The van der Waals surface area contributed by atoms with E-state index in [-0.39, 0.29) is 18.0 Å². The fourth-order valence-corrected chi connectivity index (χ4v) is 2.95. The quantitative estimate of drug-likeness (QED) is 0.842. The number of amides is 3. The predicted molar refractivity (Wildman–Crippen MR) is 95.1 cm³/mol. The molecule has 0 bridgehead atoms. The highest BCUT2D eigenvalue weighted by Crippen LogP contribution is 2.22. The molecule has 0 saturated carbocycles. The minimum atomic E-state index is -0.220. The van der Waals surface area contributed by atoms with Gasteiger partial charge in [0.1, 0.15) is 0 Å². The van der Waals surface area contributed by atoms with Crippen molar-refractivity contribution in [2.24, 2.45) is 0 Å². The van der Waals surface area contributed by atoms with Gasteiger partial charge in [-0.15, -0.1) is 0 Å². The first-order chi connectivity index (χ1) is 12.1. The van der Waals surface area contributed by atoms with Crippen LogP contribution in [0.15, 0.2) is 42.7 Å². The Morgan fingerprint density at radius 3 is 2.96 bits per heavy atom. The molecule has 2 N–H and O–H groups in total. The van der Waals surface area contributed by atoms with Gasteiger partial charge in [0.15, 0.2) is 0 Å². The molecule has 1 aliphatic rings. The highest BCUT2D eigenvalue weighted by molar-refractivity contribution is 5.95. The van der Waals surface area contributed by atoms with Crippen LogP contribution in [0.4, 0.5) is 10.5 Å². The van der Waals surface area contributed by atoms with Gasteiger partial charge in [0.05, 0.1) is 6.54 Å². The van der Waals surface area contributed by atoms with Crippen LogP contribution in [0, 0.1) is 0 Å². The Morgan fingerprint density at radius 2 is 2.24 bits per heavy atom. The Labute approximate surface area is 147 Å². The average Bonchev–Trinajstić information content (AvgIpc) is 3.24. The summed E-state index contributed by atoms with van der Waals surface area (Å²) in [5, 5.41) is 9.87. The van der Waals surface area contributed by atoms with Crippen molar-refractivity contribution in [3.63, 3.8) is 0 Å². The number of nitrogens with zero attached hydrogens (tertiary/aromatic N) is 3. The van der Waals surface area contributed by atoms with Crippen molar-refractivity contribution in [2.45, 2.75) is 38.9 Å². The molecule has 2 aromatic rings. The van der Waals surface area contributed by atoms with E-state index in [1.165, 1.54) is 0 Å². The molecular formula is C18H23N5O2. The molecule has 0 radical (unpaired) electrons. The van der Waals surface area contributed by atoms with Crippen molar-refractivity contribution < 1.29 is 9.59 Å². The standard InChI is InChI=1S/C18H23N5O2/c1-14(13-22-9-4-8-20-22)21-18(25)19-12-15-5-2-6-16(11-15)23-10-3-7-17(23)24/h2,4-6,8-9,11,14H,3,7,10,12-13H2,1H3,(H2,19,21,25)/t14-/m0/s1. The molecule has 1 fully saturated rings. The molecule has 25 heavy (non-hydrogen) atoms. The molecule has 1 aliphatic heterocycles. The molecule has 1 atom stereocenters. The van der Waals surface area contributed by atoms with Crippen LogP contribution in [0.1, 0.15) is 25.3 Å². The largest absolute Gasteiger partial charge is 0.334 e. The zero-order chi connectivity index (χ0) is 17.6. The Hall–Kier alpha value is -2.83. The maximum atomic E-state index is 12.0. The third-order valence-corrected chi connectivity index (χ3v) is 4.15. The van der Waals surface area contributed by atoms with E-state index in [1.54, 1.807) is 15.8 Å². The summed E-state index contributed by atoms with van der Waals surface area (Å²) in [6, 6.07) is 9.34. The van der Waals surface area contributed by atoms with Crippen LogP contribution < -0.4 is 15.5 Å². The molecule has 0 aliphatic carbocycles. The molecule has 3 rings (SSSR count). The number of rotatable bonds is 6. The van der Waals surface area contributed by atoms with Gasteiger partial charge >= 0.3 is 6.03 Å². The van der Waals surface area contributed by atoms with Crippen molar-refractivity contribution in [1.29, 1.82) is 0 Å². The van der Waals surface area contributed by atoms with Gasteiger partial charge in [-0.3, -0.25) is 9.48 Å². The van der Waals surface area contributed by atoms with Crippen molar-refractivity contribution in [1.82, 2.24) is 20.4 Å². The molecular weight excluding hydrogens is 318 g/mol. The topological polar surface area (TPSA) is 79.3 Å². The molecule has 2 heterocycles. The van der Waals surface area contributed by atoms with E-state index < -0.39 is 0 Å². The van der Waals surface area contributed by atoms with Crippen molar-refractivity contribution in [2.75, 3.05) is 11.4 Å². The Kier molecular flexibility index (Phi) is 5.33. The normalized spacial score (nSPS) is 15.2. The molecule has 0 spiro atoms. The molecule has 1 aromatic carbocycles. The Bertz CT molecular complexity index is 729. The van der Waals surface area contributed by atoms with Gasteiger partial charge in [-0.05, 0) is 37.1 Å². The number of hydrogen-bond donors (Lipinski definition) is 2. The summed E-state index contributed by atoms with van der Waals surface area (Å²) in [7, 11) is 0. The van der Waals surface area contributed by atoms with Gasteiger partial charge in [-0.1, -0.05) is 12.1 Å². The van der Waals surface area contributed by atoms with Crippen molar-refractivity contribution in [3.8, 4) is 0 Å². The summed E-state index contributed by atoms with van der Waals surface area (Å²) < 4.78 is 1.78. The number of hydrogen-bond acceptors (Lipinski definition) is 3. The zero-order valence-electron chi connectivity index (χ0n) is 14.3. The highest BCUT2D eigenvalue weighted by Gasteiger charge is 2.21. The number of carbonyl (C=O) groups is 2. The lowest BCUT2D eigenvalue weighted by atomic mass is 10.2. The number of nitrogens with one attached hydrogen (secondary N) is 2. The minimum Gasteiger partial charge on any atom is -0.334 e. The smallest absolute Gasteiger partial charge is 0.315 e. The van der Waals surface area contributed by atoms with Gasteiger partial charge in [-0.25, -0.2) is 4.79 Å². The summed E-state index contributed by atoms with van der Waals surface area (Å²) in [6.45, 7) is 3.73. The van der Waals surface area contributed by atoms with Crippen LogP contribution in [0.3, 0.4) is 0 Å². The molecule has 1 aromatic heterocycles. The summed E-state index contributed by atoms with van der Waals surface area (Å²) in [6.07, 6.45) is 5.09. The van der Waals surface area contributed by atoms with Crippen LogP contribution in [0.25, 0.3) is 0 Å². The fraction of sp³-hybridized carbons (Fsp3) is 0.389. The van der Waals surface area contributed by atoms with Gasteiger partial charge in [0.25, 0.3) is 0 Å². The first-order valence-electron chi connectivity index (χ1n) is 8.53. The maximum Gasteiger partial charge on any atom is 0.315 e. The van der Waals surface area contributed by atoms with Crippen molar-refractivity contribution in [3.05, 3.63) is 48.3 Å². The lowest BCUT2D eigenvalue weighted by molar-refractivity contribution is -0.117. The highest BCUT2D eigenvalue weighted by atomic mass is 16.2. The minimum absolute atomic E-state index is 0.0338. The zero-order valence-corrected chi connectivity index (χ0v) is 14.3. The molecule has 132 valence electrons. The number of urea groups is 1. The summed E-state index contributed by atoms with van der Waals surface area (Å²) in [5.41, 5.74) is 1.86. The Balaban J connectivity index is 1.49. The number of benzene rings is 1. The van der Waals surface area contributed by atoms with E-state index in [2.05, 4.69) is 15.7 Å². The average molecular weight is 341 g/mol. The van der Waals surface area contributed by atoms with E-state index in [0.29, 0.717) is 19.5 Å². The number of carbonyl (C=O) groups excluding carboxylic acids is 2. The third kappa shape index (κ3) is 4.59. The summed E-state index contributed by atoms with van der Waals surface area (Å²) >= 11 is 0. The van der Waals surface area contributed by atoms with Crippen LogP contribution in [-0.2, 0) is 17.9 Å². The molecule has 7 nitrogen and oxygen atoms in total. The lowest BCUT2D eigenvalue weighted by Crippen LogP contribution is -2.42. The second-order valence-corrected chi connectivity index (χ2v) is 6.27. The molecule has 0 unspecified atom stereocenters. The molecule has 7 heteroatoms. The fourth-order valence-electron chi connectivity index (χ4n) is 2.95. The van der Waals surface area contributed by atoms with Crippen LogP contribution in [-0.4, -0.2) is 34.3 Å². The third-order valence-electron chi connectivity index (χ3n) is 4.15. The van der Waals surface area contributed by atoms with Gasteiger partial charge < -0.3 is 15.5 Å². The van der Waals surface area contributed by atoms with Gasteiger partial charge in [-0.2, -0.15) is 5.10 Å². The van der Waals surface area contributed by atoms with Crippen LogP contribution >= 0.6 is 0 Å². The maximum absolute atomic E-state index is 12.0.